The van der Waals surface area contributed by atoms with E-state index in [0.717, 1.165) is 38.0 Å². The van der Waals surface area contributed by atoms with Gasteiger partial charge >= 0.3 is 0 Å². The van der Waals surface area contributed by atoms with Gasteiger partial charge in [0.25, 0.3) is 0 Å². The molecule has 0 aromatic carbocycles. The second-order valence-corrected chi connectivity index (χ2v) is 3.23. The minimum absolute atomic E-state index is 0.726. The molecule has 0 aromatic heterocycles. The summed E-state index contributed by atoms with van der Waals surface area (Å²) >= 11 is 0. The first kappa shape index (κ1) is 10.1. The first-order chi connectivity index (χ1) is 6.43. The van der Waals surface area contributed by atoms with Gasteiger partial charge in [0.2, 0.25) is 0 Å². The zero-order valence-electron chi connectivity index (χ0n) is 7.92. The van der Waals surface area contributed by atoms with Gasteiger partial charge in [0.05, 0.1) is 12.4 Å². The Labute approximate surface area is 79.3 Å². The SMILES string of the molecule is O=C=CCCCOC1=CCCCC1. The molecule has 0 aliphatic heterocycles. The molecule has 1 rings (SSSR count). The maximum absolute atomic E-state index is 9.84. The van der Waals surface area contributed by atoms with Crippen molar-refractivity contribution in [3.05, 3.63) is 17.9 Å². The van der Waals surface area contributed by atoms with Crippen molar-refractivity contribution in [1.82, 2.24) is 0 Å². The lowest BCUT2D eigenvalue weighted by molar-refractivity contribution is 0.192. The lowest BCUT2D eigenvalue weighted by Gasteiger charge is -2.13. The van der Waals surface area contributed by atoms with E-state index in [1.807, 2.05) is 0 Å². The van der Waals surface area contributed by atoms with Crippen molar-refractivity contribution in [3.8, 4) is 0 Å². The van der Waals surface area contributed by atoms with Gasteiger partial charge in [-0.15, -0.1) is 0 Å². The van der Waals surface area contributed by atoms with Crippen molar-refractivity contribution in [1.29, 1.82) is 0 Å². The highest BCUT2D eigenvalue weighted by atomic mass is 16.5. The van der Waals surface area contributed by atoms with E-state index in [2.05, 4.69) is 6.08 Å². The molecule has 1 aliphatic carbocycles. The Kier molecular flexibility index (Phi) is 5.04. The zero-order valence-corrected chi connectivity index (χ0v) is 7.92. The lowest BCUT2D eigenvalue weighted by atomic mass is 10.1. The lowest BCUT2D eigenvalue weighted by Crippen LogP contribution is -1.98. The summed E-state index contributed by atoms with van der Waals surface area (Å²) in [6.07, 6.45) is 10.2. The molecule has 2 nitrogen and oxygen atoms in total. The fourth-order valence-electron chi connectivity index (χ4n) is 1.39. The van der Waals surface area contributed by atoms with Gasteiger partial charge in [0.1, 0.15) is 5.94 Å². The average Bonchev–Trinajstić information content (AvgIpc) is 2.19. The number of unbranched alkanes of at least 4 members (excludes halogenated alkanes) is 1. The van der Waals surface area contributed by atoms with Crippen molar-refractivity contribution < 1.29 is 9.53 Å². The average molecular weight is 180 g/mol. The number of allylic oxidation sites excluding steroid dienone is 3. The van der Waals surface area contributed by atoms with E-state index < -0.39 is 0 Å². The number of hydrogen-bond donors (Lipinski definition) is 0. The van der Waals surface area contributed by atoms with Gasteiger partial charge in [-0.1, -0.05) is 0 Å². The van der Waals surface area contributed by atoms with Crippen LogP contribution in [-0.4, -0.2) is 12.5 Å². The van der Waals surface area contributed by atoms with Crippen LogP contribution >= 0.6 is 0 Å². The molecule has 0 fully saturated rings. The highest BCUT2D eigenvalue weighted by Gasteiger charge is 2.03. The van der Waals surface area contributed by atoms with Crippen molar-refractivity contribution in [2.45, 2.75) is 38.5 Å². The van der Waals surface area contributed by atoms with Crippen LogP contribution in [0.2, 0.25) is 0 Å². The molecule has 0 aromatic rings. The third kappa shape index (κ3) is 4.54. The number of hydrogen-bond acceptors (Lipinski definition) is 2. The van der Waals surface area contributed by atoms with E-state index in [0.29, 0.717) is 0 Å². The summed E-state index contributed by atoms with van der Waals surface area (Å²) in [7, 11) is 0. The quantitative estimate of drug-likeness (QED) is 0.480. The van der Waals surface area contributed by atoms with Crippen molar-refractivity contribution >= 4 is 5.94 Å². The summed E-state index contributed by atoms with van der Waals surface area (Å²) in [5, 5.41) is 0. The van der Waals surface area contributed by atoms with Crippen LogP contribution in [0.15, 0.2) is 17.9 Å². The molecule has 1 aliphatic rings. The Morgan fingerprint density at radius 2 is 2.46 bits per heavy atom. The predicted octanol–water partition coefficient (Wildman–Crippen LogP) is 2.63. The fourth-order valence-corrected chi connectivity index (χ4v) is 1.39. The molecule has 13 heavy (non-hydrogen) atoms. The molecule has 2 heteroatoms. The van der Waals surface area contributed by atoms with Gasteiger partial charge in [-0.3, -0.25) is 0 Å². The van der Waals surface area contributed by atoms with Gasteiger partial charge in [-0.2, -0.15) is 0 Å². The van der Waals surface area contributed by atoms with E-state index in [1.54, 1.807) is 5.94 Å². The van der Waals surface area contributed by atoms with Gasteiger partial charge in [-0.05, 0) is 44.3 Å². The molecule has 0 radical (unpaired) electrons. The summed E-state index contributed by atoms with van der Waals surface area (Å²) in [5.41, 5.74) is 0. The maximum atomic E-state index is 9.84. The molecule has 0 bridgehead atoms. The monoisotopic (exact) mass is 180 g/mol. The summed E-state index contributed by atoms with van der Waals surface area (Å²) in [6, 6.07) is 0. The maximum Gasteiger partial charge on any atom is 0.120 e. The normalized spacial score (nSPS) is 15.8. The van der Waals surface area contributed by atoms with Crippen LogP contribution in [0.5, 0.6) is 0 Å². The van der Waals surface area contributed by atoms with Crippen LogP contribution < -0.4 is 0 Å². The highest BCUT2D eigenvalue weighted by molar-refractivity contribution is 5.44. The third-order valence-corrected chi connectivity index (χ3v) is 2.11. The Bertz CT molecular complexity index is 212. The Balaban J connectivity index is 2.04. The van der Waals surface area contributed by atoms with Gasteiger partial charge in [0.15, 0.2) is 0 Å². The third-order valence-electron chi connectivity index (χ3n) is 2.11. The number of carbonyl (C=O) groups excluding carboxylic acids is 1. The Hall–Kier alpha value is -1.01. The van der Waals surface area contributed by atoms with Crippen LogP contribution in [0.3, 0.4) is 0 Å². The molecule has 0 N–H and O–H groups in total. The fraction of sp³-hybridized carbons (Fsp3) is 0.636. The molecular weight excluding hydrogens is 164 g/mol. The molecule has 0 spiro atoms. The Morgan fingerprint density at radius 1 is 1.54 bits per heavy atom. The van der Waals surface area contributed by atoms with Crippen molar-refractivity contribution in [2.75, 3.05) is 6.61 Å². The van der Waals surface area contributed by atoms with E-state index >= 15 is 0 Å². The van der Waals surface area contributed by atoms with E-state index in [-0.39, 0.29) is 0 Å². The number of rotatable bonds is 5. The van der Waals surface area contributed by atoms with Crippen molar-refractivity contribution in [2.24, 2.45) is 0 Å². The molecule has 0 saturated carbocycles. The first-order valence-corrected chi connectivity index (χ1v) is 4.94. The second-order valence-electron chi connectivity index (χ2n) is 3.23. The molecule has 0 unspecified atom stereocenters. The molecule has 72 valence electrons. The topological polar surface area (TPSA) is 26.3 Å². The van der Waals surface area contributed by atoms with Crippen LogP contribution in [0, 0.1) is 0 Å². The van der Waals surface area contributed by atoms with Crippen LogP contribution in [0.1, 0.15) is 38.5 Å². The minimum atomic E-state index is 0.726. The molecule has 0 saturated heterocycles. The van der Waals surface area contributed by atoms with E-state index in [1.165, 1.54) is 18.9 Å². The minimum Gasteiger partial charge on any atom is -0.498 e. The summed E-state index contributed by atoms with van der Waals surface area (Å²) in [6.45, 7) is 0.726. The highest BCUT2D eigenvalue weighted by Crippen LogP contribution is 2.18. The molecule has 0 atom stereocenters. The van der Waals surface area contributed by atoms with Crippen LogP contribution in [0.25, 0.3) is 0 Å². The van der Waals surface area contributed by atoms with E-state index in [9.17, 15) is 4.79 Å². The number of ether oxygens (including phenoxy) is 1. The van der Waals surface area contributed by atoms with Gasteiger partial charge < -0.3 is 4.74 Å². The standard InChI is InChI=1S/C11H16O2/c12-9-5-2-6-10-13-11-7-3-1-4-8-11/h5,7H,1-4,6,8,10H2. The first-order valence-electron chi connectivity index (χ1n) is 4.94. The van der Waals surface area contributed by atoms with Crippen molar-refractivity contribution in [3.63, 3.8) is 0 Å². The summed E-state index contributed by atoms with van der Waals surface area (Å²) < 4.78 is 5.54. The molecule has 0 amide bonds. The zero-order chi connectivity index (χ0) is 9.36. The molecule has 0 heterocycles. The Morgan fingerprint density at radius 3 is 3.15 bits per heavy atom. The van der Waals surface area contributed by atoms with Gasteiger partial charge in [0, 0.05) is 6.42 Å². The second kappa shape index (κ2) is 6.50. The van der Waals surface area contributed by atoms with Crippen LogP contribution in [-0.2, 0) is 9.53 Å². The predicted molar refractivity (Wildman–Crippen MR) is 52.0 cm³/mol. The smallest absolute Gasteiger partial charge is 0.120 e. The van der Waals surface area contributed by atoms with Crippen LogP contribution in [0.4, 0.5) is 0 Å². The van der Waals surface area contributed by atoms with Gasteiger partial charge in [-0.25, -0.2) is 4.79 Å². The molecular formula is C11H16O2. The van der Waals surface area contributed by atoms with E-state index in [4.69, 9.17) is 4.74 Å². The largest absolute Gasteiger partial charge is 0.498 e. The summed E-state index contributed by atoms with van der Waals surface area (Å²) in [5.74, 6) is 2.90. The summed E-state index contributed by atoms with van der Waals surface area (Å²) in [4.78, 5) is 9.84.